The second kappa shape index (κ2) is 6.85. The van der Waals surface area contributed by atoms with Crippen LogP contribution >= 0.6 is 0 Å². The highest BCUT2D eigenvalue weighted by atomic mass is 16.1. The van der Waals surface area contributed by atoms with Crippen LogP contribution in [-0.2, 0) is 0 Å². The molecule has 1 aromatic rings. The molecular formula is C17H25NO. The highest BCUT2D eigenvalue weighted by Crippen LogP contribution is 2.23. The van der Waals surface area contributed by atoms with Crippen LogP contribution in [0, 0.1) is 6.92 Å². The topological polar surface area (TPSA) is 20.3 Å². The highest BCUT2D eigenvalue weighted by molar-refractivity contribution is 5.96. The third kappa shape index (κ3) is 3.90. The van der Waals surface area contributed by atoms with Crippen LogP contribution in [0.15, 0.2) is 24.3 Å². The molecule has 1 aliphatic rings. The van der Waals surface area contributed by atoms with Crippen molar-refractivity contribution in [3.05, 3.63) is 35.4 Å². The van der Waals surface area contributed by atoms with E-state index in [2.05, 4.69) is 11.8 Å². The molecule has 0 aromatic heterocycles. The van der Waals surface area contributed by atoms with Crippen LogP contribution in [0.25, 0.3) is 0 Å². The Morgan fingerprint density at radius 2 is 1.84 bits per heavy atom. The molecule has 0 atom stereocenters. The fraction of sp³-hybridized carbons (Fsp3) is 0.588. The van der Waals surface area contributed by atoms with Gasteiger partial charge in [-0.2, -0.15) is 0 Å². The Labute approximate surface area is 116 Å². The summed E-state index contributed by atoms with van der Waals surface area (Å²) in [5.74, 6) is 0.274. The zero-order valence-electron chi connectivity index (χ0n) is 12.2. The first-order valence-corrected chi connectivity index (χ1v) is 7.54. The molecule has 0 N–H and O–H groups in total. The summed E-state index contributed by atoms with van der Waals surface area (Å²) >= 11 is 0. The number of Topliss-reactive ketones (excluding diaryl/α,β-unsaturated/α-hetero) is 1. The van der Waals surface area contributed by atoms with Crippen molar-refractivity contribution in [2.75, 3.05) is 13.1 Å². The average molecular weight is 259 g/mol. The number of rotatable bonds is 6. The minimum absolute atomic E-state index is 0.274. The van der Waals surface area contributed by atoms with Crippen molar-refractivity contribution in [3.63, 3.8) is 0 Å². The van der Waals surface area contributed by atoms with E-state index in [4.69, 9.17) is 0 Å². The van der Waals surface area contributed by atoms with Gasteiger partial charge >= 0.3 is 0 Å². The molecule has 1 fully saturated rings. The quantitative estimate of drug-likeness (QED) is 0.724. The molecule has 0 saturated heterocycles. The van der Waals surface area contributed by atoms with Gasteiger partial charge in [0.2, 0.25) is 0 Å². The van der Waals surface area contributed by atoms with Crippen molar-refractivity contribution in [2.24, 2.45) is 0 Å². The van der Waals surface area contributed by atoms with E-state index in [1.165, 1.54) is 31.2 Å². The van der Waals surface area contributed by atoms with Crippen LogP contribution in [0.4, 0.5) is 0 Å². The molecule has 0 unspecified atom stereocenters. The zero-order valence-corrected chi connectivity index (χ0v) is 12.2. The molecule has 1 aromatic carbocycles. The first-order chi connectivity index (χ1) is 9.20. The van der Waals surface area contributed by atoms with Gasteiger partial charge in [-0.1, -0.05) is 49.6 Å². The summed E-state index contributed by atoms with van der Waals surface area (Å²) in [6.07, 6.45) is 5.98. The first-order valence-electron chi connectivity index (χ1n) is 7.54. The monoisotopic (exact) mass is 259 g/mol. The van der Waals surface area contributed by atoms with E-state index >= 15 is 0 Å². The van der Waals surface area contributed by atoms with Crippen molar-refractivity contribution >= 4 is 5.78 Å². The van der Waals surface area contributed by atoms with Gasteiger partial charge in [0.25, 0.3) is 0 Å². The molecule has 0 bridgehead atoms. The molecule has 2 heteroatoms. The molecule has 2 nitrogen and oxygen atoms in total. The maximum atomic E-state index is 12.2. The third-order valence-electron chi connectivity index (χ3n) is 4.25. The van der Waals surface area contributed by atoms with E-state index < -0.39 is 0 Å². The van der Waals surface area contributed by atoms with Gasteiger partial charge in [0.15, 0.2) is 5.78 Å². The largest absolute Gasteiger partial charge is 0.300 e. The van der Waals surface area contributed by atoms with Crippen molar-refractivity contribution in [3.8, 4) is 0 Å². The second-order valence-electron chi connectivity index (χ2n) is 5.61. The minimum atomic E-state index is 0.274. The highest BCUT2D eigenvalue weighted by Gasteiger charge is 2.21. The molecule has 0 heterocycles. The summed E-state index contributed by atoms with van der Waals surface area (Å²) in [5, 5.41) is 0. The summed E-state index contributed by atoms with van der Waals surface area (Å²) in [5.41, 5.74) is 2.06. The van der Waals surface area contributed by atoms with E-state index in [1.54, 1.807) is 0 Å². The standard InChI is InChI=1S/C17H25NO/c1-3-18(16-6-4-5-7-16)13-12-17(19)15-10-8-14(2)9-11-15/h8-11,16H,3-7,12-13H2,1-2H3. The Hall–Kier alpha value is -1.15. The van der Waals surface area contributed by atoms with Gasteiger partial charge in [-0.3, -0.25) is 4.79 Å². The number of carbonyl (C=O) groups is 1. The Kier molecular flexibility index (Phi) is 5.15. The molecule has 0 spiro atoms. The Morgan fingerprint density at radius 1 is 1.21 bits per heavy atom. The smallest absolute Gasteiger partial charge is 0.164 e. The minimum Gasteiger partial charge on any atom is -0.300 e. The fourth-order valence-corrected chi connectivity index (χ4v) is 3.00. The number of ketones is 1. The molecule has 0 radical (unpaired) electrons. The normalized spacial score (nSPS) is 16.2. The zero-order chi connectivity index (χ0) is 13.7. The van der Waals surface area contributed by atoms with Crippen molar-refractivity contribution in [1.29, 1.82) is 0 Å². The van der Waals surface area contributed by atoms with Crippen LogP contribution in [0.1, 0.15) is 54.9 Å². The summed E-state index contributed by atoms with van der Waals surface area (Å²) < 4.78 is 0. The Morgan fingerprint density at radius 3 is 2.42 bits per heavy atom. The van der Waals surface area contributed by atoms with Gasteiger partial charge in [-0.25, -0.2) is 0 Å². The molecule has 104 valence electrons. The van der Waals surface area contributed by atoms with Gasteiger partial charge in [0.1, 0.15) is 0 Å². The lowest BCUT2D eigenvalue weighted by molar-refractivity contribution is 0.0953. The van der Waals surface area contributed by atoms with Gasteiger partial charge in [0, 0.05) is 24.6 Å². The average Bonchev–Trinajstić information content (AvgIpc) is 2.94. The maximum Gasteiger partial charge on any atom is 0.164 e. The third-order valence-corrected chi connectivity index (χ3v) is 4.25. The SMILES string of the molecule is CCN(CCC(=O)c1ccc(C)cc1)C1CCCC1. The number of nitrogens with zero attached hydrogens (tertiary/aromatic N) is 1. The Bertz CT molecular complexity index is 404. The van der Waals surface area contributed by atoms with Crippen LogP contribution in [0.2, 0.25) is 0 Å². The lowest BCUT2D eigenvalue weighted by atomic mass is 10.1. The molecule has 0 aliphatic heterocycles. The fourth-order valence-electron chi connectivity index (χ4n) is 3.00. The first kappa shape index (κ1) is 14.3. The second-order valence-corrected chi connectivity index (χ2v) is 5.61. The lowest BCUT2D eigenvalue weighted by Gasteiger charge is -2.27. The predicted octanol–water partition coefficient (Wildman–Crippen LogP) is 3.83. The van der Waals surface area contributed by atoms with Gasteiger partial charge < -0.3 is 4.90 Å². The van der Waals surface area contributed by atoms with Gasteiger partial charge in [-0.15, -0.1) is 0 Å². The number of aryl methyl sites for hydroxylation is 1. The number of carbonyl (C=O) groups excluding carboxylic acids is 1. The van der Waals surface area contributed by atoms with Crippen LogP contribution in [0.5, 0.6) is 0 Å². The predicted molar refractivity (Wildman–Crippen MR) is 79.6 cm³/mol. The molecular weight excluding hydrogens is 234 g/mol. The van der Waals surface area contributed by atoms with Crippen molar-refractivity contribution < 1.29 is 4.79 Å². The molecule has 2 rings (SSSR count). The number of hydrogen-bond donors (Lipinski definition) is 0. The van der Waals surface area contributed by atoms with Crippen LogP contribution < -0.4 is 0 Å². The summed E-state index contributed by atoms with van der Waals surface area (Å²) in [7, 11) is 0. The number of hydrogen-bond acceptors (Lipinski definition) is 2. The van der Waals surface area contributed by atoms with Gasteiger partial charge in [-0.05, 0) is 26.3 Å². The van der Waals surface area contributed by atoms with E-state index in [1.807, 2.05) is 31.2 Å². The van der Waals surface area contributed by atoms with Crippen molar-refractivity contribution in [1.82, 2.24) is 4.90 Å². The van der Waals surface area contributed by atoms with Crippen LogP contribution in [0.3, 0.4) is 0 Å². The number of benzene rings is 1. The van der Waals surface area contributed by atoms with Crippen LogP contribution in [-0.4, -0.2) is 29.8 Å². The summed E-state index contributed by atoms with van der Waals surface area (Å²) in [4.78, 5) is 14.6. The van der Waals surface area contributed by atoms with E-state index in [9.17, 15) is 4.79 Å². The molecule has 1 saturated carbocycles. The molecule has 19 heavy (non-hydrogen) atoms. The lowest BCUT2D eigenvalue weighted by Crippen LogP contribution is -2.34. The van der Waals surface area contributed by atoms with Crippen molar-refractivity contribution in [2.45, 2.75) is 52.0 Å². The molecule has 1 aliphatic carbocycles. The van der Waals surface area contributed by atoms with E-state index in [0.717, 1.165) is 24.7 Å². The van der Waals surface area contributed by atoms with E-state index in [-0.39, 0.29) is 5.78 Å². The summed E-state index contributed by atoms with van der Waals surface area (Å²) in [6, 6.07) is 8.65. The molecule has 0 amide bonds. The van der Waals surface area contributed by atoms with E-state index in [0.29, 0.717) is 6.42 Å². The Balaban J connectivity index is 1.86. The summed E-state index contributed by atoms with van der Waals surface area (Å²) in [6.45, 7) is 6.22. The maximum absolute atomic E-state index is 12.2. The van der Waals surface area contributed by atoms with Gasteiger partial charge in [0.05, 0.1) is 0 Å².